The molecule has 182 valence electrons. The molecule has 0 bridgehead atoms. The van der Waals surface area contributed by atoms with Crippen LogP contribution in [0.2, 0.25) is 0 Å². The first kappa shape index (κ1) is 24.1. The molecular formula is C25H26N4O6. The summed E-state index contributed by atoms with van der Waals surface area (Å²) in [6, 6.07) is 16.0. The van der Waals surface area contributed by atoms with E-state index in [4.69, 9.17) is 10.5 Å². The standard InChI is InChI=1S/C25H26N4O6/c1-14-19(12-28-24(26)22(14)29(33)34)23(31)21(30)10-11-27-25(32)35-13-20-17-8-4-2-6-15(17)16-7-3-5-9-18(16)20/h2-9,12,20-21,23,30-31H,10-11,13H2,1H3,(H2,26,28)(H,27,32). The summed E-state index contributed by atoms with van der Waals surface area (Å²) in [6.45, 7) is 1.61. The molecule has 3 aromatic rings. The van der Waals surface area contributed by atoms with Gasteiger partial charge in [0, 0.05) is 29.8 Å². The normalized spacial score (nSPS) is 14.0. The lowest BCUT2D eigenvalue weighted by molar-refractivity contribution is -0.384. The van der Waals surface area contributed by atoms with E-state index in [-0.39, 0.29) is 42.4 Å². The molecule has 1 amide bonds. The number of nitrogen functional groups attached to an aromatic ring is 1. The second-order valence-corrected chi connectivity index (χ2v) is 8.38. The lowest BCUT2D eigenvalue weighted by Gasteiger charge is -2.20. The highest BCUT2D eigenvalue weighted by Crippen LogP contribution is 2.44. The van der Waals surface area contributed by atoms with Crippen LogP contribution in [-0.2, 0) is 4.74 Å². The van der Waals surface area contributed by atoms with Crippen molar-refractivity contribution in [2.75, 3.05) is 18.9 Å². The van der Waals surface area contributed by atoms with E-state index in [2.05, 4.69) is 10.3 Å². The molecule has 2 aromatic carbocycles. The second kappa shape index (κ2) is 10.1. The number of nitro groups is 1. The molecule has 5 N–H and O–H groups in total. The summed E-state index contributed by atoms with van der Waals surface area (Å²) in [5, 5.41) is 34.6. The van der Waals surface area contributed by atoms with Gasteiger partial charge >= 0.3 is 11.8 Å². The Morgan fingerprint density at radius 2 is 1.77 bits per heavy atom. The number of rotatable bonds is 8. The molecule has 1 aromatic heterocycles. The Morgan fingerprint density at radius 1 is 1.17 bits per heavy atom. The smallest absolute Gasteiger partial charge is 0.407 e. The molecular weight excluding hydrogens is 452 g/mol. The Balaban J connectivity index is 1.31. The van der Waals surface area contributed by atoms with Gasteiger partial charge in [-0.3, -0.25) is 10.1 Å². The number of nitrogens with zero attached hydrogens (tertiary/aromatic N) is 2. The maximum atomic E-state index is 12.3. The summed E-state index contributed by atoms with van der Waals surface area (Å²) in [4.78, 5) is 26.5. The van der Waals surface area contributed by atoms with Crippen molar-refractivity contribution in [3.05, 3.63) is 87.1 Å². The van der Waals surface area contributed by atoms with Crippen molar-refractivity contribution in [3.8, 4) is 11.1 Å². The largest absolute Gasteiger partial charge is 0.449 e. The van der Waals surface area contributed by atoms with Crippen molar-refractivity contribution in [2.45, 2.75) is 31.5 Å². The van der Waals surface area contributed by atoms with Crippen molar-refractivity contribution < 1.29 is 24.7 Å². The number of benzene rings is 2. The number of fused-ring (bicyclic) bond motifs is 3. The summed E-state index contributed by atoms with van der Waals surface area (Å²) in [5.74, 6) is -0.341. The van der Waals surface area contributed by atoms with Gasteiger partial charge in [0.2, 0.25) is 5.82 Å². The van der Waals surface area contributed by atoms with Gasteiger partial charge in [-0.2, -0.15) is 0 Å². The van der Waals surface area contributed by atoms with Crippen LogP contribution in [0.25, 0.3) is 11.1 Å². The minimum atomic E-state index is -1.44. The number of carbonyl (C=O) groups excluding carboxylic acids is 1. The monoisotopic (exact) mass is 478 g/mol. The van der Waals surface area contributed by atoms with E-state index in [1.54, 1.807) is 0 Å². The minimum absolute atomic E-state index is 0.0109. The number of amides is 1. The molecule has 2 unspecified atom stereocenters. The number of nitrogens with one attached hydrogen (secondary N) is 1. The van der Waals surface area contributed by atoms with Crippen LogP contribution in [0.1, 0.15) is 40.7 Å². The maximum Gasteiger partial charge on any atom is 0.407 e. The third kappa shape index (κ3) is 4.79. The van der Waals surface area contributed by atoms with Crippen LogP contribution >= 0.6 is 0 Å². The van der Waals surface area contributed by atoms with Gasteiger partial charge in [0.1, 0.15) is 12.7 Å². The zero-order valence-electron chi connectivity index (χ0n) is 19.0. The summed E-state index contributed by atoms with van der Waals surface area (Å²) in [7, 11) is 0. The number of anilines is 1. The van der Waals surface area contributed by atoms with Crippen LogP contribution < -0.4 is 11.1 Å². The first-order valence-corrected chi connectivity index (χ1v) is 11.1. The van der Waals surface area contributed by atoms with Crippen LogP contribution in [0.4, 0.5) is 16.3 Å². The number of hydrogen-bond acceptors (Lipinski definition) is 8. The Bertz CT molecular complexity index is 1220. The zero-order valence-corrected chi connectivity index (χ0v) is 19.0. The van der Waals surface area contributed by atoms with E-state index in [1.165, 1.54) is 13.1 Å². The van der Waals surface area contributed by atoms with Gasteiger partial charge in [0.25, 0.3) is 0 Å². The van der Waals surface area contributed by atoms with E-state index >= 15 is 0 Å². The van der Waals surface area contributed by atoms with Gasteiger partial charge in [-0.05, 0) is 35.6 Å². The highest BCUT2D eigenvalue weighted by molar-refractivity contribution is 5.79. The van der Waals surface area contributed by atoms with E-state index in [0.717, 1.165) is 22.3 Å². The third-order valence-corrected chi connectivity index (χ3v) is 6.29. The Labute approximate surface area is 201 Å². The number of alkyl carbamates (subject to hydrolysis) is 1. The van der Waals surface area contributed by atoms with E-state index in [0.29, 0.717) is 0 Å². The molecule has 0 spiro atoms. The highest BCUT2D eigenvalue weighted by atomic mass is 16.6. The van der Waals surface area contributed by atoms with Gasteiger partial charge in [0.15, 0.2) is 0 Å². The lowest BCUT2D eigenvalue weighted by Crippen LogP contribution is -2.31. The van der Waals surface area contributed by atoms with Gasteiger partial charge in [-0.25, -0.2) is 9.78 Å². The number of aromatic nitrogens is 1. The molecule has 10 heteroatoms. The second-order valence-electron chi connectivity index (χ2n) is 8.38. The molecule has 1 heterocycles. The predicted molar refractivity (Wildman–Crippen MR) is 129 cm³/mol. The first-order valence-electron chi connectivity index (χ1n) is 11.1. The number of aliphatic hydroxyl groups excluding tert-OH is 2. The fraction of sp³-hybridized carbons (Fsp3) is 0.280. The van der Waals surface area contributed by atoms with Crippen LogP contribution in [0.3, 0.4) is 0 Å². The maximum absolute atomic E-state index is 12.3. The van der Waals surface area contributed by atoms with Crippen molar-refractivity contribution >= 4 is 17.6 Å². The van der Waals surface area contributed by atoms with Gasteiger partial charge in [-0.1, -0.05) is 48.5 Å². The molecule has 0 fully saturated rings. The summed E-state index contributed by atoms with van der Waals surface area (Å²) in [5.41, 5.74) is 9.81. The van der Waals surface area contributed by atoms with Gasteiger partial charge in [-0.15, -0.1) is 0 Å². The van der Waals surface area contributed by atoms with Gasteiger partial charge in [0.05, 0.1) is 11.0 Å². The SMILES string of the molecule is Cc1c(C(O)C(O)CCNC(=O)OCC2c3ccccc3-c3ccccc32)cnc(N)c1[N+](=O)[O-]. The van der Waals surface area contributed by atoms with Crippen LogP contribution in [-0.4, -0.2) is 45.5 Å². The van der Waals surface area contributed by atoms with E-state index in [1.807, 2.05) is 48.5 Å². The molecule has 10 nitrogen and oxygen atoms in total. The Morgan fingerprint density at radius 3 is 2.37 bits per heavy atom. The van der Waals surface area contributed by atoms with Crippen molar-refractivity contribution in [1.82, 2.24) is 10.3 Å². The topological polar surface area (TPSA) is 161 Å². The first-order chi connectivity index (χ1) is 16.8. The quantitative estimate of drug-likeness (QED) is 0.283. The van der Waals surface area contributed by atoms with Crippen LogP contribution in [0, 0.1) is 17.0 Å². The lowest BCUT2D eigenvalue weighted by atomic mass is 9.98. The average molecular weight is 479 g/mol. The Hall–Kier alpha value is -4.02. The number of ether oxygens (including phenoxy) is 1. The molecule has 2 atom stereocenters. The summed E-state index contributed by atoms with van der Waals surface area (Å²) >= 11 is 0. The molecule has 0 radical (unpaired) electrons. The molecule has 0 saturated heterocycles. The van der Waals surface area contributed by atoms with Crippen molar-refractivity contribution in [3.63, 3.8) is 0 Å². The van der Waals surface area contributed by atoms with Crippen molar-refractivity contribution in [1.29, 1.82) is 0 Å². The molecule has 4 rings (SSSR count). The minimum Gasteiger partial charge on any atom is -0.449 e. The number of nitrogens with two attached hydrogens (primary N) is 1. The van der Waals surface area contributed by atoms with Gasteiger partial charge < -0.3 is 26.0 Å². The number of hydrogen-bond donors (Lipinski definition) is 4. The molecule has 0 aliphatic heterocycles. The fourth-order valence-electron chi connectivity index (χ4n) is 4.49. The zero-order chi connectivity index (χ0) is 25.1. The fourth-order valence-corrected chi connectivity index (χ4v) is 4.49. The van der Waals surface area contributed by atoms with Crippen LogP contribution in [0.15, 0.2) is 54.7 Å². The molecule has 35 heavy (non-hydrogen) atoms. The summed E-state index contributed by atoms with van der Waals surface area (Å²) < 4.78 is 5.45. The molecule has 1 aliphatic carbocycles. The highest BCUT2D eigenvalue weighted by Gasteiger charge is 2.29. The van der Waals surface area contributed by atoms with Crippen molar-refractivity contribution in [2.24, 2.45) is 0 Å². The predicted octanol–water partition coefficient (Wildman–Crippen LogP) is 3.20. The molecule has 1 aliphatic rings. The number of carbonyl (C=O) groups is 1. The average Bonchev–Trinajstić information content (AvgIpc) is 3.16. The summed E-state index contributed by atoms with van der Waals surface area (Å²) in [6.07, 6.45) is -2.19. The third-order valence-electron chi connectivity index (χ3n) is 6.29. The number of pyridine rings is 1. The van der Waals surface area contributed by atoms with E-state index < -0.39 is 28.9 Å². The van der Waals surface area contributed by atoms with Crippen LogP contribution in [0.5, 0.6) is 0 Å². The Kier molecular flexibility index (Phi) is 6.94. The molecule has 0 saturated carbocycles. The number of aliphatic hydroxyl groups is 2. The van der Waals surface area contributed by atoms with E-state index in [9.17, 15) is 25.1 Å².